The molecule has 6 heteroatoms. The third-order valence-electron chi connectivity index (χ3n) is 4.65. The monoisotopic (exact) mass is 364 g/mol. The van der Waals surface area contributed by atoms with Gasteiger partial charge in [0, 0.05) is 11.4 Å². The molecule has 0 aromatic carbocycles. The summed E-state index contributed by atoms with van der Waals surface area (Å²) in [6.45, 7) is 0.830. The fourth-order valence-corrected chi connectivity index (χ4v) is 4.98. The minimum Gasteiger partial charge on any atom is -0.465 e. The Bertz CT molecular complexity index is 664. The van der Waals surface area contributed by atoms with E-state index < -0.39 is 0 Å². The molecule has 0 saturated carbocycles. The molecule has 0 saturated heterocycles. The maximum absolute atomic E-state index is 12.1. The number of nitrogens with one attached hydrogen (secondary N) is 2. The summed E-state index contributed by atoms with van der Waals surface area (Å²) in [5, 5.41) is 7.87. The van der Waals surface area contributed by atoms with E-state index in [-0.39, 0.29) is 5.97 Å². The SMILES string of the molecule is COC(=O)c1c(NC(=S)NCCC2=CCCCC2)sc2c1CCC2. The van der Waals surface area contributed by atoms with Gasteiger partial charge in [-0.15, -0.1) is 11.3 Å². The van der Waals surface area contributed by atoms with E-state index in [9.17, 15) is 4.79 Å². The zero-order chi connectivity index (χ0) is 16.9. The number of carbonyl (C=O) groups excluding carboxylic acids is 1. The number of hydrogen-bond donors (Lipinski definition) is 2. The minimum absolute atomic E-state index is 0.271. The summed E-state index contributed by atoms with van der Waals surface area (Å²) in [6.07, 6.45) is 11.5. The van der Waals surface area contributed by atoms with Gasteiger partial charge >= 0.3 is 5.97 Å². The second-order valence-electron chi connectivity index (χ2n) is 6.29. The largest absolute Gasteiger partial charge is 0.465 e. The molecule has 2 aliphatic carbocycles. The zero-order valence-electron chi connectivity index (χ0n) is 14.1. The van der Waals surface area contributed by atoms with Gasteiger partial charge < -0.3 is 15.4 Å². The fraction of sp³-hybridized carbons (Fsp3) is 0.556. The molecule has 0 unspecified atom stereocenters. The lowest BCUT2D eigenvalue weighted by Gasteiger charge is -2.14. The normalized spacial score (nSPS) is 16.3. The first-order valence-electron chi connectivity index (χ1n) is 8.64. The third-order valence-corrected chi connectivity index (χ3v) is 6.11. The molecule has 1 aromatic rings. The molecule has 0 atom stereocenters. The van der Waals surface area contributed by atoms with Crippen molar-refractivity contribution in [3.05, 3.63) is 27.7 Å². The second-order valence-corrected chi connectivity index (χ2v) is 7.81. The summed E-state index contributed by atoms with van der Waals surface area (Å²) in [6, 6.07) is 0. The summed E-state index contributed by atoms with van der Waals surface area (Å²) >= 11 is 7.04. The minimum atomic E-state index is -0.271. The molecule has 0 amide bonds. The number of ether oxygens (including phenoxy) is 1. The quantitative estimate of drug-likeness (QED) is 0.466. The van der Waals surface area contributed by atoms with Gasteiger partial charge in [-0.2, -0.15) is 0 Å². The molecule has 1 aromatic heterocycles. The van der Waals surface area contributed by atoms with E-state index in [4.69, 9.17) is 17.0 Å². The van der Waals surface area contributed by atoms with Gasteiger partial charge in [-0.3, -0.25) is 0 Å². The number of anilines is 1. The van der Waals surface area contributed by atoms with E-state index >= 15 is 0 Å². The van der Waals surface area contributed by atoms with Crippen LogP contribution in [0.25, 0.3) is 0 Å². The molecule has 2 aliphatic rings. The zero-order valence-corrected chi connectivity index (χ0v) is 15.7. The van der Waals surface area contributed by atoms with Crippen molar-refractivity contribution in [2.24, 2.45) is 0 Å². The highest BCUT2D eigenvalue weighted by atomic mass is 32.1. The third kappa shape index (κ3) is 3.98. The van der Waals surface area contributed by atoms with Gasteiger partial charge in [-0.1, -0.05) is 11.6 Å². The predicted molar refractivity (Wildman–Crippen MR) is 103 cm³/mol. The Morgan fingerprint density at radius 3 is 2.92 bits per heavy atom. The Balaban J connectivity index is 1.58. The number of allylic oxidation sites excluding steroid dienone is 1. The maximum atomic E-state index is 12.1. The highest BCUT2D eigenvalue weighted by molar-refractivity contribution is 7.80. The Labute approximate surface area is 152 Å². The number of rotatable bonds is 5. The Hall–Kier alpha value is -1.40. The van der Waals surface area contributed by atoms with Crippen LogP contribution in [0.15, 0.2) is 11.6 Å². The van der Waals surface area contributed by atoms with Crippen LogP contribution in [-0.2, 0) is 17.6 Å². The number of esters is 1. The van der Waals surface area contributed by atoms with Crippen molar-refractivity contribution in [2.45, 2.75) is 51.4 Å². The Kier molecular flexibility index (Phi) is 5.89. The average Bonchev–Trinajstić information content (AvgIpc) is 3.15. The van der Waals surface area contributed by atoms with Crippen molar-refractivity contribution in [3.8, 4) is 0 Å². The van der Waals surface area contributed by atoms with E-state index in [2.05, 4.69) is 16.7 Å². The number of carbonyl (C=O) groups is 1. The lowest BCUT2D eigenvalue weighted by Crippen LogP contribution is -2.29. The van der Waals surface area contributed by atoms with Crippen molar-refractivity contribution in [1.82, 2.24) is 5.32 Å². The molecule has 0 bridgehead atoms. The molecule has 1 heterocycles. The van der Waals surface area contributed by atoms with Crippen LogP contribution < -0.4 is 10.6 Å². The lowest BCUT2D eigenvalue weighted by molar-refractivity contribution is 0.0601. The molecule has 0 radical (unpaired) electrons. The summed E-state index contributed by atoms with van der Waals surface area (Å²) in [5.74, 6) is -0.271. The van der Waals surface area contributed by atoms with Crippen LogP contribution >= 0.6 is 23.6 Å². The number of fused-ring (bicyclic) bond motifs is 1. The van der Waals surface area contributed by atoms with E-state index in [0.29, 0.717) is 10.7 Å². The number of methoxy groups -OCH3 is 1. The number of thiocarbonyl (C=S) groups is 1. The average molecular weight is 365 g/mol. The van der Waals surface area contributed by atoms with E-state index in [1.54, 1.807) is 11.3 Å². The number of thiophene rings is 1. The molecular weight excluding hydrogens is 340 g/mol. The molecule has 130 valence electrons. The van der Waals surface area contributed by atoms with Crippen molar-refractivity contribution < 1.29 is 9.53 Å². The van der Waals surface area contributed by atoms with E-state index in [1.165, 1.54) is 43.2 Å². The molecule has 0 fully saturated rings. The highest BCUT2D eigenvalue weighted by Crippen LogP contribution is 2.39. The first-order valence-corrected chi connectivity index (χ1v) is 9.87. The predicted octanol–water partition coefficient (Wildman–Crippen LogP) is 4.20. The van der Waals surface area contributed by atoms with Gasteiger partial charge in [0.15, 0.2) is 5.11 Å². The number of aryl methyl sites for hydroxylation is 1. The van der Waals surface area contributed by atoms with Crippen molar-refractivity contribution in [2.75, 3.05) is 19.0 Å². The Morgan fingerprint density at radius 2 is 2.17 bits per heavy atom. The van der Waals surface area contributed by atoms with Gasteiger partial charge in [-0.05, 0) is 69.1 Å². The van der Waals surface area contributed by atoms with Crippen LogP contribution in [-0.4, -0.2) is 24.7 Å². The molecule has 24 heavy (non-hydrogen) atoms. The first-order chi connectivity index (χ1) is 11.7. The van der Waals surface area contributed by atoms with E-state index in [1.807, 2.05) is 0 Å². The van der Waals surface area contributed by atoms with Gasteiger partial charge in [-0.25, -0.2) is 4.79 Å². The van der Waals surface area contributed by atoms with Gasteiger partial charge in [0.2, 0.25) is 0 Å². The first kappa shape index (κ1) is 17.4. The van der Waals surface area contributed by atoms with Gasteiger partial charge in [0.25, 0.3) is 0 Å². The number of hydrogen-bond acceptors (Lipinski definition) is 4. The van der Waals surface area contributed by atoms with Crippen LogP contribution in [0.5, 0.6) is 0 Å². The topological polar surface area (TPSA) is 50.4 Å². The molecule has 2 N–H and O–H groups in total. The maximum Gasteiger partial charge on any atom is 0.341 e. The molecule has 0 spiro atoms. The summed E-state index contributed by atoms with van der Waals surface area (Å²) in [7, 11) is 1.43. The van der Waals surface area contributed by atoms with Crippen LogP contribution in [0.1, 0.15) is 59.3 Å². The van der Waals surface area contributed by atoms with E-state index in [0.717, 1.165) is 42.8 Å². The van der Waals surface area contributed by atoms with Gasteiger partial charge in [0.05, 0.1) is 12.7 Å². The summed E-state index contributed by atoms with van der Waals surface area (Å²) in [5.41, 5.74) is 3.35. The highest BCUT2D eigenvalue weighted by Gasteiger charge is 2.27. The second kappa shape index (κ2) is 8.12. The van der Waals surface area contributed by atoms with Gasteiger partial charge in [0.1, 0.15) is 5.00 Å². The summed E-state index contributed by atoms with van der Waals surface area (Å²) < 4.78 is 4.96. The molecule has 4 nitrogen and oxygen atoms in total. The molecule has 3 rings (SSSR count). The summed E-state index contributed by atoms with van der Waals surface area (Å²) in [4.78, 5) is 13.4. The molecular formula is C18H24N2O2S2. The van der Waals surface area contributed by atoms with Crippen molar-refractivity contribution in [1.29, 1.82) is 0 Å². The smallest absolute Gasteiger partial charge is 0.341 e. The standard InChI is InChI=1S/C18H24N2O2S2/c1-22-17(21)15-13-8-5-9-14(13)24-16(15)20-18(23)19-11-10-12-6-3-2-4-7-12/h6H,2-5,7-11H2,1H3,(H2,19,20,23). The van der Waals surface area contributed by atoms with Crippen molar-refractivity contribution in [3.63, 3.8) is 0 Å². The van der Waals surface area contributed by atoms with Crippen LogP contribution in [0.3, 0.4) is 0 Å². The molecule has 0 aliphatic heterocycles. The van der Waals surface area contributed by atoms with Crippen molar-refractivity contribution >= 4 is 39.6 Å². The van der Waals surface area contributed by atoms with Crippen LogP contribution in [0.2, 0.25) is 0 Å². The lowest BCUT2D eigenvalue weighted by atomic mass is 9.97. The van der Waals surface area contributed by atoms with Crippen LogP contribution in [0.4, 0.5) is 5.00 Å². The Morgan fingerprint density at radius 1 is 1.29 bits per heavy atom. The fourth-order valence-electron chi connectivity index (χ4n) is 3.43. The van der Waals surface area contributed by atoms with Crippen LogP contribution in [0, 0.1) is 0 Å².